The molecule has 0 bridgehead atoms. The third kappa shape index (κ3) is 5.05. The lowest BCUT2D eigenvalue weighted by atomic mass is 10.1. The van der Waals surface area contributed by atoms with E-state index in [4.69, 9.17) is 0 Å². The van der Waals surface area contributed by atoms with E-state index in [1.165, 1.54) is 25.4 Å². The summed E-state index contributed by atoms with van der Waals surface area (Å²) in [5.41, 5.74) is -4.18. The number of rotatable bonds is 5. The first-order valence-electron chi connectivity index (χ1n) is 10.6. The van der Waals surface area contributed by atoms with Crippen molar-refractivity contribution in [2.45, 2.75) is 38.8 Å². The van der Waals surface area contributed by atoms with Crippen LogP contribution < -0.4 is 16.6 Å². The van der Waals surface area contributed by atoms with Gasteiger partial charge in [-0.05, 0) is 19.9 Å². The molecule has 0 aliphatic rings. The number of thiazole rings is 1. The molecule has 4 heterocycles. The lowest BCUT2D eigenvalue weighted by molar-refractivity contribution is -0.142. The molecule has 4 aromatic rings. The SMILES string of the molecule is Cc1ncc(-c2nc(NC(=O)C(C)n3cnc4c3c(=O)n(CC(F)(F)F)c(=O)n4C)cs2)cc1C(F)(F)F. The van der Waals surface area contributed by atoms with Gasteiger partial charge in [0.05, 0.1) is 11.9 Å². The minimum absolute atomic E-state index is 0.00264. The van der Waals surface area contributed by atoms with Crippen molar-refractivity contribution in [1.29, 1.82) is 0 Å². The number of aromatic nitrogens is 6. The van der Waals surface area contributed by atoms with Crippen molar-refractivity contribution in [2.24, 2.45) is 7.05 Å². The van der Waals surface area contributed by atoms with Gasteiger partial charge in [0.15, 0.2) is 11.2 Å². The normalized spacial score (nSPS) is 13.2. The molecule has 0 saturated carbocycles. The van der Waals surface area contributed by atoms with Crippen molar-refractivity contribution in [3.8, 4) is 10.6 Å². The van der Waals surface area contributed by atoms with Gasteiger partial charge in [-0.3, -0.25) is 19.1 Å². The molecule has 0 aliphatic heterocycles. The molecule has 1 amide bonds. The summed E-state index contributed by atoms with van der Waals surface area (Å²) in [6, 6.07) is -0.309. The van der Waals surface area contributed by atoms with Crippen molar-refractivity contribution in [3.05, 3.63) is 56.1 Å². The minimum atomic E-state index is -4.85. The summed E-state index contributed by atoms with van der Waals surface area (Å²) < 4.78 is 80.3. The van der Waals surface area contributed by atoms with Crippen molar-refractivity contribution in [3.63, 3.8) is 0 Å². The highest BCUT2D eigenvalue weighted by Gasteiger charge is 2.34. The molecule has 4 aromatic heterocycles. The van der Waals surface area contributed by atoms with Crippen LogP contribution in [0.5, 0.6) is 0 Å². The molecule has 202 valence electrons. The van der Waals surface area contributed by atoms with Gasteiger partial charge in [-0.2, -0.15) is 26.3 Å². The molecule has 0 aromatic carbocycles. The molecular weight excluding hydrogens is 544 g/mol. The number of nitrogens with zero attached hydrogens (tertiary/aromatic N) is 6. The number of amides is 1. The number of halogens is 6. The van der Waals surface area contributed by atoms with Gasteiger partial charge in [-0.15, -0.1) is 11.3 Å². The standard InChI is InChI=1S/C21H17F6N7O3S/c1-9-12(21(25,26)27)4-11(5-28-9)17-31-13(6-38-17)30-16(35)10(2)34-8-29-15-14(34)18(36)33(7-20(22,23)24)19(37)32(15)3/h4-6,8,10H,7H2,1-3H3,(H,30,35). The van der Waals surface area contributed by atoms with Crippen molar-refractivity contribution in [2.75, 3.05) is 5.32 Å². The van der Waals surface area contributed by atoms with Gasteiger partial charge >= 0.3 is 18.0 Å². The zero-order valence-electron chi connectivity index (χ0n) is 19.7. The minimum Gasteiger partial charge on any atom is -0.312 e. The number of carbonyl (C=O) groups is 1. The maximum Gasteiger partial charge on any atom is 0.418 e. The van der Waals surface area contributed by atoms with Crippen LogP contribution in [0.25, 0.3) is 21.7 Å². The second-order valence-electron chi connectivity index (χ2n) is 8.23. The van der Waals surface area contributed by atoms with Crippen LogP contribution in [0.15, 0.2) is 33.6 Å². The third-order valence-electron chi connectivity index (χ3n) is 5.59. The molecule has 0 fully saturated rings. The molecule has 0 aliphatic carbocycles. The number of anilines is 1. The summed E-state index contributed by atoms with van der Waals surface area (Å²) in [4.78, 5) is 49.7. The van der Waals surface area contributed by atoms with Gasteiger partial charge in [0.1, 0.15) is 23.4 Å². The van der Waals surface area contributed by atoms with Crippen LogP contribution in [-0.2, 0) is 24.6 Å². The smallest absolute Gasteiger partial charge is 0.312 e. The van der Waals surface area contributed by atoms with Crippen LogP contribution in [0.3, 0.4) is 0 Å². The molecule has 10 nitrogen and oxygen atoms in total. The predicted molar refractivity (Wildman–Crippen MR) is 124 cm³/mol. The first-order chi connectivity index (χ1) is 17.6. The van der Waals surface area contributed by atoms with E-state index >= 15 is 0 Å². The molecule has 1 N–H and O–H groups in total. The summed E-state index contributed by atoms with van der Waals surface area (Å²) in [6.07, 6.45) is -7.22. The third-order valence-corrected chi connectivity index (χ3v) is 6.48. The van der Waals surface area contributed by atoms with E-state index in [2.05, 4.69) is 20.3 Å². The maximum absolute atomic E-state index is 13.2. The van der Waals surface area contributed by atoms with Gasteiger partial charge in [0.2, 0.25) is 5.91 Å². The molecule has 0 spiro atoms. The number of pyridine rings is 1. The van der Waals surface area contributed by atoms with Gasteiger partial charge in [-0.25, -0.2) is 19.3 Å². The second kappa shape index (κ2) is 9.38. The molecule has 38 heavy (non-hydrogen) atoms. The zero-order valence-corrected chi connectivity index (χ0v) is 20.5. The number of alkyl halides is 6. The summed E-state index contributed by atoms with van der Waals surface area (Å²) in [5.74, 6) is -0.767. The number of aryl methyl sites for hydroxylation is 2. The van der Waals surface area contributed by atoms with Crippen LogP contribution >= 0.6 is 11.3 Å². The van der Waals surface area contributed by atoms with Crippen LogP contribution in [-0.4, -0.2) is 40.7 Å². The van der Waals surface area contributed by atoms with Gasteiger partial charge in [0.25, 0.3) is 5.56 Å². The molecule has 4 rings (SSSR count). The zero-order chi connectivity index (χ0) is 28.2. The molecule has 1 atom stereocenters. The van der Waals surface area contributed by atoms with E-state index < -0.39 is 53.2 Å². The Morgan fingerprint density at radius 2 is 1.84 bits per heavy atom. The van der Waals surface area contributed by atoms with E-state index in [-0.39, 0.29) is 32.3 Å². The highest BCUT2D eigenvalue weighted by Crippen LogP contribution is 2.35. The lowest BCUT2D eigenvalue weighted by Gasteiger charge is -2.15. The Kier molecular flexibility index (Phi) is 6.67. The topological polar surface area (TPSA) is 117 Å². The summed E-state index contributed by atoms with van der Waals surface area (Å²) in [5, 5.41) is 3.97. The van der Waals surface area contributed by atoms with Crippen LogP contribution in [0.2, 0.25) is 0 Å². The Morgan fingerprint density at radius 3 is 2.47 bits per heavy atom. The van der Waals surface area contributed by atoms with E-state index in [1.807, 2.05) is 0 Å². The Hall–Kier alpha value is -4.02. The van der Waals surface area contributed by atoms with Crippen LogP contribution in [0, 0.1) is 6.92 Å². The Labute approximate surface area is 212 Å². The highest BCUT2D eigenvalue weighted by molar-refractivity contribution is 7.13. The second-order valence-corrected chi connectivity index (χ2v) is 9.09. The van der Waals surface area contributed by atoms with Gasteiger partial charge in [-0.1, -0.05) is 0 Å². The van der Waals surface area contributed by atoms with Crippen LogP contribution in [0.1, 0.15) is 24.2 Å². The summed E-state index contributed by atoms with van der Waals surface area (Å²) in [7, 11) is 1.14. The number of carbonyl (C=O) groups excluding carboxylic acids is 1. The molecule has 0 saturated heterocycles. The number of imidazole rings is 1. The maximum atomic E-state index is 13.2. The average Bonchev–Trinajstić information content (AvgIpc) is 3.46. The van der Waals surface area contributed by atoms with E-state index in [0.29, 0.717) is 0 Å². The van der Waals surface area contributed by atoms with E-state index in [9.17, 15) is 40.7 Å². The van der Waals surface area contributed by atoms with E-state index in [0.717, 1.165) is 39.9 Å². The Bertz CT molecular complexity index is 1660. The van der Waals surface area contributed by atoms with Gasteiger partial charge in [0, 0.05) is 29.9 Å². The number of fused-ring (bicyclic) bond motifs is 1. The van der Waals surface area contributed by atoms with E-state index in [1.54, 1.807) is 0 Å². The van der Waals surface area contributed by atoms with Crippen LogP contribution in [0.4, 0.5) is 32.2 Å². The molecule has 0 radical (unpaired) electrons. The average molecular weight is 561 g/mol. The number of hydrogen-bond acceptors (Lipinski definition) is 7. The number of nitrogens with one attached hydrogen (secondary N) is 1. The monoisotopic (exact) mass is 561 g/mol. The number of hydrogen-bond donors (Lipinski definition) is 1. The lowest BCUT2D eigenvalue weighted by Crippen LogP contribution is -2.43. The largest absolute Gasteiger partial charge is 0.418 e. The highest BCUT2D eigenvalue weighted by atomic mass is 32.1. The summed E-state index contributed by atoms with van der Waals surface area (Å²) >= 11 is 0.945. The van der Waals surface area contributed by atoms with Gasteiger partial charge < -0.3 is 9.88 Å². The fraction of sp³-hybridized carbons (Fsp3) is 0.333. The Morgan fingerprint density at radius 1 is 1.16 bits per heavy atom. The first kappa shape index (κ1) is 27.0. The predicted octanol–water partition coefficient (Wildman–Crippen LogP) is 3.50. The van der Waals surface area contributed by atoms with Crippen molar-refractivity contribution >= 4 is 34.2 Å². The fourth-order valence-electron chi connectivity index (χ4n) is 3.66. The van der Waals surface area contributed by atoms with Crippen molar-refractivity contribution < 1.29 is 31.1 Å². The first-order valence-corrected chi connectivity index (χ1v) is 11.5. The van der Waals surface area contributed by atoms with Crippen molar-refractivity contribution in [1.82, 2.24) is 28.7 Å². The quantitative estimate of drug-likeness (QED) is 0.373. The fourth-order valence-corrected chi connectivity index (χ4v) is 4.39. The summed E-state index contributed by atoms with van der Waals surface area (Å²) in [6.45, 7) is 0.727. The molecule has 17 heteroatoms. The Balaban J connectivity index is 1.63. The molecular formula is C21H17F6N7O3S. The molecule has 1 unspecified atom stereocenters.